The zero-order valence-electron chi connectivity index (χ0n) is 17.4. The maximum atomic E-state index is 12.4. The highest BCUT2D eigenvalue weighted by molar-refractivity contribution is 5.92. The molecule has 4 aromatic rings. The maximum absolute atomic E-state index is 12.4. The minimum Gasteiger partial charge on any atom is -0.486 e. The molecule has 1 aliphatic heterocycles. The van der Waals surface area contributed by atoms with Crippen LogP contribution >= 0.6 is 0 Å². The Morgan fingerprint density at radius 2 is 1.67 bits per heavy atom. The Hall–Kier alpha value is -3.88. The standard InChI is InChI=1S/C24H18F3NO5/c1-2-15-13-29-20-10-8-18(12-22(20)31-15)30-17-7-9-19-21(11-17)33-28-23(19)14-3-5-16(6-4-14)32-24(25,26)27/h3-12,15H,2,13H2,1H3/t15-/m1/s1. The van der Waals surface area contributed by atoms with Gasteiger partial charge in [0.15, 0.2) is 17.1 Å². The number of rotatable bonds is 5. The van der Waals surface area contributed by atoms with Crippen LogP contribution in [0.5, 0.6) is 28.7 Å². The molecule has 0 spiro atoms. The number of benzene rings is 3. The Labute approximate surface area is 186 Å². The van der Waals surface area contributed by atoms with Crippen LogP contribution in [-0.4, -0.2) is 24.2 Å². The monoisotopic (exact) mass is 457 g/mol. The molecule has 170 valence electrons. The van der Waals surface area contributed by atoms with Gasteiger partial charge in [0.2, 0.25) is 0 Å². The van der Waals surface area contributed by atoms with Crippen molar-refractivity contribution in [3.8, 4) is 40.0 Å². The van der Waals surface area contributed by atoms with Crippen LogP contribution in [0, 0.1) is 0 Å². The molecular weight excluding hydrogens is 439 g/mol. The summed E-state index contributed by atoms with van der Waals surface area (Å²) in [6.45, 7) is 2.55. The van der Waals surface area contributed by atoms with Gasteiger partial charge in [0, 0.05) is 23.1 Å². The molecule has 0 aliphatic carbocycles. The van der Waals surface area contributed by atoms with E-state index in [0.29, 0.717) is 51.8 Å². The van der Waals surface area contributed by atoms with Crippen molar-refractivity contribution < 1.29 is 36.6 Å². The van der Waals surface area contributed by atoms with Crippen LogP contribution in [0.15, 0.2) is 65.2 Å². The van der Waals surface area contributed by atoms with Gasteiger partial charge < -0.3 is 23.5 Å². The van der Waals surface area contributed by atoms with E-state index in [1.54, 1.807) is 36.4 Å². The molecule has 1 atom stereocenters. The van der Waals surface area contributed by atoms with Gasteiger partial charge in [-0.05, 0) is 55.0 Å². The van der Waals surface area contributed by atoms with Gasteiger partial charge in [-0.1, -0.05) is 12.1 Å². The van der Waals surface area contributed by atoms with Gasteiger partial charge in [0.1, 0.15) is 35.7 Å². The second-order valence-electron chi connectivity index (χ2n) is 7.43. The molecule has 3 aromatic carbocycles. The number of fused-ring (bicyclic) bond motifs is 2. The van der Waals surface area contributed by atoms with Crippen molar-refractivity contribution in [2.75, 3.05) is 6.61 Å². The van der Waals surface area contributed by atoms with Gasteiger partial charge in [-0.15, -0.1) is 13.2 Å². The van der Waals surface area contributed by atoms with E-state index in [9.17, 15) is 13.2 Å². The predicted molar refractivity (Wildman–Crippen MR) is 113 cm³/mol. The SMILES string of the molecule is CC[C@@H]1COc2ccc(Oc3ccc4c(-c5ccc(OC(F)(F)F)cc5)noc4c3)cc2O1. The number of alkyl halides is 3. The first-order valence-electron chi connectivity index (χ1n) is 10.2. The predicted octanol–water partition coefficient (Wildman–Crippen LogP) is 6.74. The summed E-state index contributed by atoms with van der Waals surface area (Å²) in [5.74, 6) is 2.11. The third-order valence-electron chi connectivity index (χ3n) is 5.13. The first-order valence-corrected chi connectivity index (χ1v) is 10.2. The Morgan fingerprint density at radius 3 is 2.42 bits per heavy atom. The van der Waals surface area contributed by atoms with Crippen LogP contribution in [0.2, 0.25) is 0 Å². The molecule has 2 heterocycles. The summed E-state index contributed by atoms with van der Waals surface area (Å²) in [6, 6.07) is 16.0. The van der Waals surface area contributed by atoms with Gasteiger partial charge in [-0.3, -0.25) is 0 Å². The van der Waals surface area contributed by atoms with Crippen molar-refractivity contribution >= 4 is 11.0 Å². The summed E-state index contributed by atoms with van der Waals surface area (Å²) >= 11 is 0. The normalized spacial score (nSPS) is 15.5. The Morgan fingerprint density at radius 1 is 0.939 bits per heavy atom. The molecule has 0 radical (unpaired) electrons. The van der Waals surface area contributed by atoms with Gasteiger partial charge in [0.25, 0.3) is 0 Å². The Bertz CT molecular complexity index is 1280. The summed E-state index contributed by atoms with van der Waals surface area (Å²) in [4.78, 5) is 0. The molecule has 0 amide bonds. The lowest BCUT2D eigenvalue weighted by atomic mass is 10.1. The molecule has 6 nitrogen and oxygen atoms in total. The first-order chi connectivity index (χ1) is 15.9. The number of hydrogen-bond acceptors (Lipinski definition) is 6. The van der Waals surface area contributed by atoms with E-state index >= 15 is 0 Å². The van der Waals surface area contributed by atoms with E-state index in [1.165, 1.54) is 24.3 Å². The molecule has 0 saturated carbocycles. The molecular formula is C24H18F3NO5. The van der Waals surface area contributed by atoms with E-state index < -0.39 is 6.36 Å². The van der Waals surface area contributed by atoms with Crippen molar-refractivity contribution in [3.05, 3.63) is 60.7 Å². The summed E-state index contributed by atoms with van der Waals surface area (Å²) in [5.41, 5.74) is 1.57. The van der Waals surface area contributed by atoms with Crippen LogP contribution in [0.3, 0.4) is 0 Å². The highest BCUT2D eigenvalue weighted by Gasteiger charge is 2.31. The fourth-order valence-electron chi connectivity index (χ4n) is 3.50. The lowest BCUT2D eigenvalue weighted by molar-refractivity contribution is -0.274. The van der Waals surface area contributed by atoms with Gasteiger partial charge in [-0.25, -0.2) is 0 Å². The Kier molecular flexibility index (Phi) is 5.24. The van der Waals surface area contributed by atoms with Crippen molar-refractivity contribution in [3.63, 3.8) is 0 Å². The summed E-state index contributed by atoms with van der Waals surface area (Å²) in [7, 11) is 0. The van der Waals surface area contributed by atoms with Crippen molar-refractivity contribution in [2.24, 2.45) is 0 Å². The zero-order chi connectivity index (χ0) is 23.0. The van der Waals surface area contributed by atoms with Gasteiger partial charge >= 0.3 is 6.36 Å². The third kappa shape index (κ3) is 4.52. The smallest absolute Gasteiger partial charge is 0.486 e. The van der Waals surface area contributed by atoms with Crippen LogP contribution in [0.1, 0.15) is 13.3 Å². The largest absolute Gasteiger partial charge is 0.573 e. The second-order valence-corrected chi connectivity index (χ2v) is 7.43. The zero-order valence-corrected chi connectivity index (χ0v) is 17.4. The fraction of sp³-hybridized carbons (Fsp3) is 0.208. The van der Waals surface area contributed by atoms with Crippen LogP contribution in [0.25, 0.3) is 22.2 Å². The average Bonchev–Trinajstić information content (AvgIpc) is 3.21. The molecule has 9 heteroatoms. The second kappa shape index (κ2) is 8.23. The third-order valence-corrected chi connectivity index (χ3v) is 5.13. The van der Waals surface area contributed by atoms with Crippen LogP contribution in [-0.2, 0) is 0 Å². The number of nitrogens with zero attached hydrogens (tertiary/aromatic N) is 1. The molecule has 0 bridgehead atoms. The van der Waals surface area contributed by atoms with E-state index in [1.807, 2.05) is 6.92 Å². The molecule has 0 N–H and O–H groups in total. The Balaban J connectivity index is 1.36. The summed E-state index contributed by atoms with van der Waals surface area (Å²) in [5, 5.41) is 4.76. The molecule has 1 aliphatic rings. The highest BCUT2D eigenvalue weighted by atomic mass is 19.4. The molecule has 0 unspecified atom stereocenters. The lowest BCUT2D eigenvalue weighted by Gasteiger charge is -2.25. The molecule has 1 aromatic heterocycles. The van der Waals surface area contributed by atoms with E-state index in [-0.39, 0.29) is 11.9 Å². The molecule has 5 rings (SSSR count). The van der Waals surface area contributed by atoms with Crippen molar-refractivity contribution in [2.45, 2.75) is 25.8 Å². The van der Waals surface area contributed by atoms with E-state index in [4.69, 9.17) is 18.7 Å². The summed E-state index contributed by atoms with van der Waals surface area (Å²) in [6.07, 6.45) is -3.90. The quantitative estimate of drug-likeness (QED) is 0.331. The number of ether oxygens (including phenoxy) is 4. The minimum atomic E-state index is -4.74. The summed E-state index contributed by atoms with van der Waals surface area (Å²) < 4.78 is 64.0. The minimum absolute atomic E-state index is 0.00537. The van der Waals surface area contributed by atoms with Crippen molar-refractivity contribution in [1.29, 1.82) is 0 Å². The number of halogens is 3. The number of hydrogen-bond donors (Lipinski definition) is 0. The molecule has 33 heavy (non-hydrogen) atoms. The molecule has 0 saturated heterocycles. The average molecular weight is 457 g/mol. The highest BCUT2D eigenvalue weighted by Crippen LogP contribution is 2.38. The van der Waals surface area contributed by atoms with Crippen molar-refractivity contribution in [1.82, 2.24) is 5.16 Å². The van der Waals surface area contributed by atoms with E-state index in [2.05, 4.69) is 9.89 Å². The fourth-order valence-corrected chi connectivity index (χ4v) is 3.50. The van der Waals surface area contributed by atoms with Gasteiger partial charge in [0.05, 0.1) is 0 Å². The lowest BCUT2D eigenvalue weighted by Crippen LogP contribution is -2.28. The molecule has 0 fully saturated rings. The topological polar surface area (TPSA) is 63.0 Å². The van der Waals surface area contributed by atoms with Gasteiger partial charge in [-0.2, -0.15) is 0 Å². The van der Waals surface area contributed by atoms with Crippen LogP contribution < -0.4 is 18.9 Å². The van der Waals surface area contributed by atoms with Crippen LogP contribution in [0.4, 0.5) is 13.2 Å². The maximum Gasteiger partial charge on any atom is 0.573 e. The first kappa shape index (κ1) is 21.0. The number of aromatic nitrogens is 1. The van der Waals surface area contributed by atoms with E-state index in [0.717, 1.165) is 6.42 Å².